The number of nitrogens with zero attached hydrogens (tertiary/aromatic N) is 4. The fourth-order valence-corrected chi connectivity index (χ4v) is 12.5. The van der Waals surface area contributed by atoms with Gasteiger partial charge in [0.05, 0.1) is 64.3 Å². The molecule has 0 unspecified atom stereocenters. The number of amides is 3. The zero-order valence-corrected chi connectivity index (χ0v) is 34.8. The average Bonchev–Trinajstić information content (AvgIpc) is 4.04. The molecule has 0 radical (unpaired) electrons. The number of carbonyl (C=O) groups excluding carboxylic acids is 4. The molecule has 0 bridgehead atoms. The standard InChI is InChI=1S/C45H52N6O6Si/c1-56-40(52)22-33(27-9-10-27)43(53)50-19-5-6-38(50)36-21-34-32-17-15-30(20-31(32)16-18-35(34)47-36)26-7-11-28(12-8-26)37-23-46-42(48-37)39-24-58(3,4)25-51(39)44(54)41(29-13-14-29)49-45(55)57-2/h7-8,11-12,15-18,20,23,27,29,33,38-39,41H,5-6,9-10,13-14,19,21-22,24-25H2,1-4H3,(H,46,48)(H,49,55)/t33-,38+,39+,41-/m1/s1. The number of methoxy groups -OCH3 is 2. The summed E-state index contributed by atoms with van der Waals surface area (Å²) in [5.74, 6) is 0.604. The van der Waals surface area contributed by atoms with Crippen LogP contribution in [0.25, 0.3) is 33.2 Å². The third kappa shape index (κ3) is 7.44. The maximum absolute atomic E-state index is 13.9. The van der Waals surface area contributed by atoms with Crippen LogP contribution in [0, 0.1) is 17.8 Å². The Hall–Kier alpha value is -5.30. The summed E-state index contributed by atoms with van der Waals surface area (Å²) in [6.45, 7) is 5.30. The molecule has 4 fully saturated rings. The molecular weight excluding hydrogens is 749 g/mol. The minimum absolute atomic E-state index is 0.0408. The zero-order valence-electron chi connectivity index (χ0n) is 33.8. The van der Waals surface area contributed by atoms with Crippen molar-refractivity contribution in [1.82, 2.24) is 25.1 Å². The molecule has 5 aliphatic rings. The van der Waals surface area contributed by atoms with Crippen LogP contribution in [0.15, 0.2) is 65.8 Å². The number of likely N-dealkylation sites (tertiary alicyclic amines) is 1. The zero-order chi connectivity index (χ0) is 40.3. The Morgan fingerprint density at radius 1 is 0.862 bits per heavy atom. The van der Waals surface area contributed by atoms with Gasteiger partial charge in [0.1, 0.15) is 11.9 Å². The monoisotopic (exact) mass is 800 g/mol. The minimum Gasteiger partial charge on any atom is -0.469 e. The van der Waals surface area contributed by atoms with Gasteiger partial charge in [0.2, 0.25) is 11.8 Å². The third-order valence-corrected chi connectivity index (χ3v) is 15.7. The van der Waals surface area contributed by atoms with E-state index in [2.05, 4.69) is 78.0 Å². The van der Waals surface area contributed by atoms with Crippen molar-refractivity contribution in [3.05, 3.63) is 72.2 Å². The van der Waals surface area contributed by atoms with Gasteiger partial charge < -0.3 is 29.6 Å². The molecule has 2 saturated heterocycles. The highest BCUT2D eigenvalue weighted by atomic mass is 28.3. The molecule has 4 atom stereocenters. The second kappa shape index (κ2) is 15.1. The maximum atomic E-state index is 13.9. The van der Waals surface area contributed by atoms with Gasteiger partial charge in [-0.05, 0) is 102 Å². The maximum Gasteiger partial charge on any atom is 0.407 e. The Balaban J connectivity index is 0.889. The number of H-pyrrole nitrogens is 1. The molecule has 2 saturated carbocycles. The average molecular weight is 801 g/mol. The molecule has 2 aliphatic carbocycles. The van der Waals surface area contributed by atoms with E-state index in [9.17, 15) is 19.2 Å². The van der Waals surface area contributed by atoms with Gasteiger partial charge in [-0.1, -0.05) is 55.6 Å². The fourth-order valence-electron chi connectivity index (χ4n) is 9.64. The van der Waals surface area contributed by atoms with Crippen molar-refractivity contribution in [3.8, 4) is 22.4 Å². The van der Waals surface area contributed by atoms with Crippen LogP contribution in [0.5, 0.6) is 0 Å². The van der Waals surface area contributed by atoms with Crippen molar-refractivity contribution in [3.63, 3.8) is 0 Å². The van der Waals surface area contributed by atoms with Gasteiger partial charge in [0.15, 0.2) is 0 Å². The van der Waals surface area contributed by atoms with Crippen molar-refractivity contribution in [1.29, 1.82) is 0 Å². The molecule has 2 N–H and O–H groups in total. The minimum atomic E-state index is -1.72. The van der Waals surface area contributed by atoms with Crippen LogP contribution in [-0.4, -0.2) is 96.4 Å². The number of ether oxygens (including phenoxy) is 2. The first-order valence-electron chi connectivity index (χ1n) is 20.8. The number of esters is 1. The van der Waals surface area contributed by atoms with Crippen molar-refractivity contribution in [2.45, 2.75) is 88.6 Å². The van der Waals surface area contributed by atoms with E-state index in [1.54, 1.807) is 0 Å². The van der Waals surface area contributed by atoms with E-state index in [0.29, 0.717) is 13.0 Å². The Labute approximate surface area is 339 Å². The highest BCUT2D eigenvalue weighted by Crippen LogP contribution is 2.43. The van der Waals surface area contributed by atoms with Gasteiger partial charge in [-0.15, -0.1) is 0 Å². The second-order valence-electron chi connectivity index (χ2n) is 17.8. The Morgan fingerprint density at radius 2 is 1.60 bits per heavy atom. The predicted octanol–water partition coefficient (Wildman–Crippen LogP) is 7.37. The number of aliphatic imine (C=N–C) groups is 1. The molecule has 3 amide bonds. The number of hydrogen-bond donors (Lipinski definition) is 2. The molecule has 0 spiro atoms. The van der Waals surface area contributed by atoms with E-state index in [1.807, 2.05) is 16.0 Å². The van der Waals surface area contributed by atoms with E-state index in [1.165, 1.54) is 25.2 Å². The third-order valence-electron chi connectivity index (χ3n) is 13.0. The smallest absolute Gasteiger partial charge is 0.407 e. The molecule has 58 heavy (non-hydrogen) atoms. The number of hydrogen-bond acceptors (Lipinski definition) is 8. The van der Waals surface area contributed by atoms with E-state index in [-0.39, 0.29) is 54.0 Å². The number of rotatable bonds is 11. The molecule has 1 aromatic heterocycles. The van der Waals surface area contributed by atoms with Crippen molar-refractivity contribution < 1.29 is 28.7 Å². The number of alkyl carbamates (subject to hydrolysis) is 1. The fraction of sp³-hybridized carbons (Fsp3) is 0.467. The van der Waals surface area contributed by atoms with E-state index in [4.69, 9.17) is 19.5 Å². The normalized spacial score (nSPS) is 22.0. The molecule has 3 aromatic carbocycles. The van der Waals surface area contributed by atoms with Crippen molar-refractivity contribution >= 4 is 54.1 Å². The summed E-state index contributed by atoms with van der Waals surface area (Å²) in [7, 11) is 0.992. The van der Waals surface area contributed by atoms with E-state index in [0.717, 1.165) is 95.7 Å². The van der Waals surface area contributed by atoms with Crippen LogP contribution in [-0.2, 0) is 30.3 Å². The number of carbonyl (C=O) groups is 4. The summed E-state index contributed by atoms with van der Waals surface area (Å²) >= 11 is 0. The first-order chi connectivity index (χ1) is 28.0. The molecule has 3 aliphatic heterocycles. The first-order valence-corrected chi connectivity index (χ1v) is 24.2. The van der Waals surface area contributed by atoms with Gasteiger partial charge in [-0.25, -0.2) is 9.78 Å². The van der Waals surface area contributed by atoms with Crippen LogP contribution >= 0.6 is 0 Å². The highest BCUT2D eigenvalue weighted by molar-refractivity contribution is 6.78. The van der Waals surface area contributed by atoms with Crippen LogP contribution in [0.3, 0.4) is 0 Å². The summed E-state index contributed by atoms with van der Waals surface area (Å²) in [5.41, 5.74) is 7.34. The Kier molecular flexibility index (Phi) is 9.98. The van der Waals surface area contributed by atoms with Gasteiger partial charge in [-0.2, -0.15) is 0 Å². The largest absolute Gasteiger partial charge is 0.469 e. The van der Waals surface area contributed by atoms with Gasteiger partial charge in [0, 0.05) is 24.8 Å². The molecular formula is C45H52N6O6Si. The lowest BCUT2D eigenvalue weighted by molar-refractivity contribution is -0.147. The number of aromatic amines is 1. The van der Waals surface area contributed by atoms with Crippen molar-refractivity contribution in [2.75, 3.05) is 26.9 Å². The predicted molar refractivity (Wildman–Crippen MR) is 224 cm³/mol. The first kappa shape index (κ1) is 38.2. The summed E-state index contributed by atoms with van der Waals surface area (Å²) in [6, 6.07) is 19.4. The highest BCUT2D eigenvalue weighted by Gasteiger charge is 2.48. The Bertz CT molecular complexity index is 2310. The molecule has 4 heterocycles. The van der Waals surface area contributed by atoms with Crippen LogP contribution < -0.4 is 5.32 Å². The summed E-state index contributed by atoms with van der Waals surface area (Å²) in [4.78, 5) is 69.4. The molecule has 4 aromatic rings. The summed E-state index contributed by atoms with van der Waals surface area (Å²) in [6.07, 6.45) is 8.52. The lowest BCUT2D eigenvalue weighted by Crippen LogP contribution is -2.50. The van der Waals surface area contributed by atoms with E-state index < -0.39 is 20.2 Å². The number of aromatic nitrogens is 2. The van der Waals surface area contributed by atoms with Crippen molar-refractivity contribution in [2.24, 2.45) is 22.7 Å². The number of nitrogens with one attached hydrogen (secondary N) is 2. The van der Waals surface area contributed by atoms with Crippen LogP contribution in [0.4, 0.5) is 10.5 Å². The molecule has 13 heteroatoms. The van der Waals surface area contributed by atoms with Gasteiger partial charge in [0.25, 0.3) is 0 Å². The van der Waals surface area contributed by atoms with Crippen LogP contribution in [0.1, 0.15) is 62.4 Å². The van der Waals surface area contributed by atoms with Gasteiger partial charge >= 0.3 is 12.1 Å². The van der Waals surface area contributed by atoms with Gasteiger partial charge in [-0.3, -0.25) is 19.4 Å². The topological polar surface area (TPSA) is 146 Å². The number of imidazole rings is 1. The van der Waals surface area contributed by atoms with E-state index >= 15 is 0 Å². The summed E-state index contributed by atoms with van der Waals surface area (Å²) in [5, 5.41) is 5.13. The second-order valence-corrected chi connectivity index (χ2v) is 22.8. The lowest BCUT2D eigenvalue weighted by Gasteiger charge is -2.29. The SMILES string of the molecule is COC(=O)C[C@@H](C(=O)N1CCC[C@H]1C1=Nc2ccc3cc(-c4ccc(-c5cnc([C@@H]6C[Si](C)(C)CN6C(=O)[C@H](NC(=O)OC)C6CC6)[nH]5)cc4)ccc3c2C1)C1CC1. The molecule has 9 rings (SSSR count). The summed E-state index contributed by atoms with van der Waals surface area (Å²) < 4.78 is 9.78. The van der Waals surface area contributed by atoms with Crippen LogP contribution in [0.2, 0.25) is 19.1 Å². The quantitative estimate of drug-likeness (QED) is 0.119. The molecule has 12 nitrogen and oxygen atoms in total. The number of fused-ring (bicyclic) bond motifs is 3. The lowest BCUT2D eigenvalue weighted by atomic mass is 9.94. The number of benzene rings is 3. The Morgan fingerprint density at radius 3 is 2.33 bits per heavy atom. The molecule has 302 valence electrons.